The quantitative estimate of drug-likeness (QED) is 0.215. The molecule has 0 fully saturated rings. The largest absolute Gasteiger partial charge is 0.494 e. The summed E-state index contributed by atoms with van der Waals surface area (Å²) in [5.41, 5.74) is 5.80. The summed E-state index contributed by atoms with van der Waals surface area (Å²) in [6, 6.07) is 18.3. The first-order valence-electron chi connectivity index (χ1n) is 10.6. The molecule has 0 saturated carbocycles. The van der Waals surface area contributed by atoms with Gasteiger partial charge >= 0.3 is 5.91 Å². The molecule has 0 atom stereocenters. The van der Waals surface area contributed by atoms with Crippen LogP contribution in [0.4, 0.5) is 0 Å². The number of ether oxygens (including phenoxy) is 2. The molecule has 1 aromatic heterocycles. The zero-order valence-corrected chi connectivity index (χ0v) is 20.1. The van der Waals surface area contributed by atoms with E-state index in [9.17, 15) is 4.79 Å². The summed E-state index contributed by atoms with van der Waals surface area (Å²) in [6.07, 6.45) is 1.44. The Balaban J connectivity index is 1.39. The number of carbonyl (C=O) groups is 1. The predicted octanol–water partition coefficient (Wildman–Crippen LogP) is 6.79. The number of hydrazone groups is 1. The zero-order chi connectivity index (χ0) is 24.1. The molecule has 34 heavy (non-hydrogen) atoms. The van der Waals surface area contributed by atoms with E-state index in [4.69, 9.17) is 37.1 Å². The monoisotopic (exact) mass is 496 g/mol. The van der Waals surface area contributed by atoms with Crippen molar-refractivity contribution < 1.29 is 18.7 Å². The topological polar surface area (TPSA) is 73.1 Å². The average Bonchev–Trinajstić information content (AvgIpc) is 3.23. The third kappa shape index (κ3) is 5.71. The molecule has 1 amide bonds. The van der Waals surface area contributed by atoms with Crippen LogP contribution in [0.2, 0.25) is 10.0 Å². The standard InChI is InChI=1S/C26H22Cl2N2O4/c1-3-32-20-8-9-23-19(12-20)13-24(34-23)26(31)30-29-14-18-10-21(27)25(22(28)11-18)33-15-17-6-4-16(2)5-7-17/h4-14H,3,15H2,1-2H3,(H,30,31)/b29-14+. The minimum absolute atomic E-state index is 0.136. The van der Waals surface area contributed by atoms with E-state index < -0.39 is 5.91 Å². The Morgan fingerprint density at radius 2 is 1.76 bits per heavy atom. The third-order valence-corrected chi connectivity index (χ3v) is 5.49. The van der Waals surface area contributed by atoms with Crippen LogP contribution >= 0.6 is 23.2 Å². The Labute approximate surface area is 207 Å². The molecule has 0 saturated heterocycles. The first-order chi connectivity index (χ1) is 16.4. The van der Waals surface area contributed by atoms with Crippen molar-refractivity contribution in [3.63, 3.8) is 0 Å². The molecular formula is C26H22Cl2N2O4. The summed E-state index contributed by atoms with van der Waals surface area (Å²) >= 11 is 12.7. The van der Waals surface area contributed by atoms with Crippen LogP contribution in [0.15, 0.2) is 70.2 Å². The fourth-order valence-corrected chi connectivity index (χ4v) is 3.86. The molecule has 4 rings (SSSR count). The second-order valence-electron chi connectivity index (χ2n) is 7.53. The summed E-state index contributed by atoms with van der Waals surface area (Å²) in [5, 5.41) is 5.43. The molecule has 0 aliphatic rings. The van der Waals surface area contributed by atoms with Gasteiger partial charge in [-0.3, -0.25) is 4.79 Å². The molecule has 0 aliphatic heterocycles. The third-order valence-electron chi connectivity index (χ3n) is 4.93. The lowest BCUT2D eigenvalue weighted by Gasteiger charge is -2.11. The summed E-state index contributed by atoms with van der Waals surface area (Å²) in [7, 11) is 0. The van der Waals surface area contributed by atoms with E-state index in [2.05, 4.69) is 10.5 Å². The number of nitrogens with one attached hydrogen (secondary N) is 1. The molecule has 3 aromatic carbocycles. The summed E-state index contributed by atoms with van der Waals surface area (Å²) in [4.78, 5) is 12.4. The van der Waals surface area contributed by atoms with E-state index in [1.807, 2.05) is 44.2 Å². The molecule has 0 aliphatic carbocycles. The van der Waals surface area contributed by atoms with Crippen LogP contribution < -0.4 is 14.9 Å². The molecule has 8 heteroatoms. The van der Waals surface area contributed by atoms with Gasteiger partial charge in [0.05, 0.1) is 22.9 Å². The van der Waals surface area contributed by atoms with Crippen molar-refractivity contribution in [2.24, 2.45) is 5.10 Å². The fourth-order valence-electron chi connectivity index (χ4n) is 3.24. The van der Waals surface area contributed by atoms with Crippen molar-refractivity contribution in [1.29, 1.82) is 0 Å². The van der Waals surface area contributed by atoms with Crippen molar-refractivity contribution in [3.8, 4) is 11.5 Å². The van der Waals surface area contributed by atoms with Crippen LogP contribution in [0.3, 0.4) is 0 Å². The lowest BCUT2D eigenvalue weighted by atomic mass is 10.2. The molecule has 1 N–H and O–H groups in total. The maximum Gasteiger partial charge on any atom is 0.307 e. The minimum atomic E-state index is -0.486. The Kier molecular flexibility index (Phi) is 7.40. The Morgan fingerprint density at radius 1 is 1.03 bits per heavy atom. The first kappa shape index (κ1) is 23.7. The van der Waals surface area contributed by atoms with Gasteiger partial charge < -0.3 is 13.9 Å². The van der Waals surface area contributed by atoms with Crippen LogP contribution in [-0.2, 0) is 6.61 Å². The molecular weight excluding hydrogens is 475 g/mol. The van der Waals surface area contributed by atoms with Gasteiger partial charge in [0.15, 0.2) is 11.5 Å². The van der Waals surface area contributed by atoms with Crippen molar-refractivity contribution in [1.82, 2.24) is 5.43 Å². The number of halogens is 2. The SMILES string of the molecule is CCOc1ccc2oc(C(=O)N/N=C/c3cc(Cl)c(OCc4ccc(C)cc4)c(Cl)c3)cc2c1. The number of aryl methyl sites for hydroxylation is 1. The maximum atomic E-state index is 12.4. The normalized spacial score (nSPS) is 11.2. The van der Waals surface area contributed by atoms with E-state index in [0.717, 1.165) is 10.9 Å². The highest BCUT2D eigenvalue weighted by Gasteiger charge is 2.13. The zero-order valence-electron chi connectivity index (χ0n) is 18.6. The van der Waals surface area contributed by atoms with Crippen molar-refractivity contribution in [2.75, 3.05) is 6.61 Å². The minimum Gasteiger partial charge on any atom is -0.494 e. The number of benzene rings is 3. The first-order valence-corrected chi connectivity index (χ1v) is 11.4. The van der Waals surface area contributed by atoms with Gasteiger partial charge in [-0.1, -0.05) is 53.0 Å². The fraction of sp³-hybridized carbons (Fsp3) is 0.154. The summed E-state index contributed by atoms with van der Waals surface area (Å²) in [6.45, 7) is 4.82. The maximum absolute atomic E-state index is 12.4. The highest BCUT2D eigenvalue weighted by atomic mass is 35.5. The number of amides is 1. The second-order valence-corrected chi connectivity index (χ2v) is 8.34. The van der Waals surface area contributed by atoms with Gasteiger partial charge in [-0.25, -0.2) is 5.43 Å². The van der Waals surface area contributed by atoms with Gasteiger partial charge in [-0.2, -0.15) is 5.10 Å². The molecule has 174 valence electrons. The number of fused-ring (bicyclic) bond motifs is 1. The summed E-state index contributed by atoms with van der Waals surface area (Å²) < 4.78 is 16.9. The second kappa shape index (κ2) is 10.6. The molecule has 1 heterocycles. The predicted molar refractivity (Wildman–Crippen MR) is 134 cm³/mol. The highest BCUT2D eigenvalue weighted by molar-refractivity contribution is 6.37. The Hall–Kier alpha value is -3.48. The lowest BCUT2D eigenvalue weighted by Crippen LogP contribution is -2.16. The van der Waals surface area contributed by atoms with Gasteiger partial charge in [0.2, 0.25) is 0 Å². The number of carbonyl (C=O) groups excluding carboxylic acids is 1. The van der Waals surface area contributed by atoms with Crippen LogP contribution in [0.1, 0.15) is 34.2 Å². The number of furan rings is 1. The van der Waals surface area contributed by atoms with Gasteiger partial charge in [0.25, 0.3) is 0 Å². The van der Waals surface area contributed by atoms with E-state index in [0.29, 0.717) is 45.9 Å². The smallest absolute Gasteiger partial charge is 0.307 e. The van der Waals surface area contributed by atoms with Crippen molar-refractivity contribution >= 4 is 46.3 Å². The number of nitrogens with zero attached hydrogens (tertiary/aromatic N) is 1. The molecule has 0 unspecified atom stereocenters. The number of hydrogen-bond donors (Lipinski definition) is 1. The molecule has 0 spiro atoms. The van der Waals surface area contributed by atoms with E-state index in [1.54, 1.807) is 30.3 Å². The van der Waals surface area contributed by atoms with Crippen LogP contribution in [0, 0.1) is 6.92 Å². The van der Waals surface area contributed by atoms with Crippen molar-refractivity contribution in [3.05, 3.63) is 93.2 Å². The van der Waals surface area contributed by atoms with Crippen LogP contribution in [0.25, 0.3) is 11.0 Å². The Morgan fingerprint density at radius 3 is 2.47 bits per heavy atom. The average molecular weight is 497 g/mol. The van der Waals surface area contributed by atoms with E-state index >= 15 is 0 Å². The van der Waals surface area contributed by atoms with Gasteiger partial charge in [-0.15, -0.1) is 0 Å². The van der Waals surface area contributed by atoms with Gasteiger partial charge in [0.1, 0.15) is 17.9 Å². The van der Waals surface area contributed by atoms with Crippen molar-refractivity contribution in [2.45, 2.75) is 20.5 Å². The Bertz CT molecular complexity index is 1320. The van der Waals surface area contributed by atoms with E-state index in [-0.39, 0.29) is 5.76 Å². The van der Waals surface area contributed by atoms with Crippen LogP contribution in [-0.4, -0.2) is 18.7 Å². The number of hydrogen-bond acceptors (Lipinski definition) is 5. The van der Waals surface area contributed by atoms with Gasteiger partial charge in [0, 0.05) is 5.39 Å². The molecule has 0 bridgehead atoms. The number of rotatable bonds is 8. The lowest BCUT2D eigenvalue weighted by molar-refractivity contribution is 0.0929. The molecule has 0 radical (unpaired) electrons. The summed E-state index contributed by atoms with van der Waals surface area (Å²) in [5.74, 6) is 0.747. The van der Waals surface area contributed by atoms with E-state index in [1.165, 1.54) is 11.8 Å². The molecule has 6 nitrogen and oxygen atoms in total. The van der Waals surface area contributed by atoms with Gasteiger partial charge in [-0.05, 0) is 61.4 Å². The highest BCUT2D eigenvalue weighted by Crippen LogP contribution is 2.34. The van der Waals surface area contributed by atoms with Crippen LogP contribution in [0.5, 0.6) is 11.5 Å². The molecule has 4 aromatic rings.